The lowest BCUT2D eigenvalue weighted by Crippen LogP contribution is -2.41. The van der Waals surface area contributed by atoms with Gasteiger partial charge in [-0.1, -0.05) is 6.92 Å². The molecule has 0 saturated carbocycles. The van der Waals surface area contributed by atoms with Crippen LogP contribution in [0.15, 0.2) is 12.1 Å². The second kappa shape index (κ2) is 7.26. The molecule has 2 heterocycles. The minimum absolute atomic E-state index is 0. The van der Waals surface area contributed by atoms with Crippen molar-refractivity contribution in [3.8, 4) is 11.5 Å². The van der Waals surface area contributed by atoms with Crippen molar-refractivity contribution in [2.24, 2.45) is 5.41 Å². The van der Waals surface area contributed by atoms with Gasteiger partial charge in [0.15, 0.2) is 0 Å². The van der Waals surface area contributed by atoms with Crippen molar-refractivity contribution in [2.45, 2.75) is 26.0 Å². The van der Waals surface area contributed by atoms with E-state index in [0.29, 0.717) is 6.54 Å². The predicted octanol–water partition coefficient (Wildman–Crippen LogP) is 1.97. The molecule has 1 saturated heterocycles. The molecule has 2 aliphatic heterocycles. The molecule has 2 unspecified atom stereocenters. The van der Waals surface area contributed by atoms with Gasteiger partial charge in [0.1, 0.15) is 11.5 Å². The summed E-state index contributed by atoms with van der Waals surface area (Å²) in [5.74, 6) is 1.57. The Morgan fingerprint density at radius 2 is 2.00 bits per heavy atom. The zero-order valence-corrected chi connectivity index (χ0v) is 14.9. The molecule has 3 rings (SSSR count). The minimum atomic E-state index is -0.535. The summed E-state index contributed by atoms with van der Waals surface area (Å²) in [4.78, 5) is 2.34. The number of nitrogens with one attached hydrogen (secondary N) is 1. The van der Waals surface area contributed by atoms with Crippen LogP contribution in [0, 0.1) is 5.41 Å². The molecule has 0 spiro atoms. The van der Waals surface area contributed by atoms with E-state index in [4.69, 9.17) is 9.47 Å². The van der Waals surface area contributed by atoms with Crippen LogP contribution >= 0.6 is 12.4 Å². The van der Waals surface area contributed by atoms with Crippen molar-refractivity contribution in [3.63, 3.8) is 0 Å². The second-order valence-corrected chi connectivity index (χ2v) is 6.79. The van der Waals surface area contributed by atoms with Gasteiger partial charge in [-0.3, -0.25) is 4.90 Å². The van der Waals surface area contributed by atoms with Gasteiger partial charge in [0.2, 0.25) is 0 Å². The Kier molecular flexibility index (Phi) is 5.79. The fourth-order valence-electron chi connectivity index (χ4n) is 3.81. The largest absolute Gasteiger partial charge is 0.496 e. The molecule has 6 heteroatoms. The maximum atomic E-state index is 10.6. The standard InChI is InChI=1S/C17H26N2O3.ClH/c1-17(6-7-18-10-17)11-19-8-12-14(21-2)4-5-15(22-3)16(12)13(20)9-19;/h4-5,13,18,20H,6-11H2,1-3H3;1H. The molecular formula is C17H27ClN2O3. The van der Waals surface area contributed by atoms with Crippen LogP contribution < -0.4 is 14.8 Å². The SMILES string of the molecule is COc1ccc(OC)c2c1CN(CC1(C)CCNC1)CC2O.Cl. The highest BCUT2D eigenvalue weighted by molar-refractivity contribution is 5.85. The molecule has 130 valence electrons. The molecule has 0 aliphatic carbocycles. The molecule has 23 heavy (non-hydrogen) atoms. The van der Waals surface area contributed by atoms with E-state index in [9.17, 15) is 5.11 Å². The van der Waals surface area contributed by atoms with Crippen LogP contribution in [0.5, 0.6) is 11.5 Å². The molecule has 2 atom stereocenters. The number of aliphatic hydroxyl groups excluding tert-OH is 1. The summed E-state index contributed by atoms with van der Waals surface area (Å²) < 4.78 is 10.9. The second-order valence-electron chi connectivity index (χ2n) is 6.79. The zero-order chi connectivity index (χ0) is 15.7. The number of hydrogen-bond acceptors (Lipinski definition) is 5. The van der Waals surface area contributed by atoms with E-state index >= 15 is 0 Å². The van der Waals surface area contributed by atoms with E-state index in [2.05, 4.69) is 17.1 Å². The van der Waals surface area contributed by atoms with E-state index in [-0.39, 0.29) is 17.8 Å². The van der Waals surface area contributed by atoms with Gasteiger partial charge in [0, 0.05) is 37.3 Å². The molecule has 0 aromatic heterocycles. The summed E-state index contributed by atoms with van der Waals surface area (Å²) in [5, 5.41) is 14.1. The first-order valence-corrected chi connectivity index (χ1v) is 7.91. The minimum Gasteiger partial charge on any atom is -0.496 e. The van der Waals surface area contributed by atoms with Gasteiger partial charge in [0.25, 0.3) is 0 Å². The summed E-state index contributed by atoms with van der Waals surface area (Å²) >= 11 is 0. The average molecular weight is 343 g/mol. The predicted molar refractivity (Wildman–Crippen MR) is 92.6 cm³/mol. The summed E-state index contributed by atoms with van der Waals surface area (Å²) in [7, 11) is 3.32. The first-order chi connectivity index (χ1) is 10.6. The number of halogens is 1. The van der Waals surface area contributed by atoms with E-state index in [1.165, 1.54) is 6.42 Å². The Morgan fingerprint density at radius 1 is 1.30 bits per heavy atom. The Labute approximate surface area is 144 Å². The van der Waals surface area contributed by atoms with Crippen molar-refractivity contribution in [2.75, 3.05) is 40.4 Å². The van der Waals surface area contributed by atoms with Gasteiger partial charge >= 0.3 is 0 Å². The van der Waals surface area contributed by atoms with E-state index < -0.39 is 6.10 Å². The number of ether oxygens (including phenoxy) is 2. The van der Waals surface area contributed by atoms with Gasteiger partial charge in [-0.2, -0.15) is 0 Å². The topological polar surface area (TPSA) is 54.0 Å². The fraction of sp³-hybridized carbons (Fsp3) is 0.647. The van der Waals surface area contributed by atoms with Crippen molar-refractivity contribution < 1.29 is 14.6 Å². The molecule has 2 aliphatic rings. The summed E-state index contributed by atoms with van der Waals surface area (Å²) in [6, 6.07) is 3.80. The highest BCUT2D eigenvalue weighted by atomic mass is 35.5. The van der Waals surface area contributed by atoms with Crippen LogP contribution in [0.25, 0.3) is 0 Å². The van der Waals surface area contributed by atoms with Gasteiger partial charge in [-0.15, -0.1) is 12.4 Å². The lowest BCUT2D eigenvalue weighted by atomic mass is 9.87. The van der Waals surface area contributed by atoms with E-state index in [0.717, 1.165) is 48.8 Å². The maximum absolute atomic E-state index is 10.6. The number of fused-ring (bicyclic) bond motifs is 1. The molecule has 1 aromatic rings. The monoisotopic (exact) mass is 342 g/mol. The molecule has 2 N–H and O–H groups in total. The lowest BCUT2D eigenvalue weighted by Gasteiger charge is -2.38. The third kappa shape index (κ3) is 3.58. The van der Waals surface area contributed by atoms with Crippen LogP contribution in [-0.4, -0.2) is 50.4 Å². The Morgan fingerprint density at radius 3 is 2.61 bits per heavy atom. The summed E-state index contributed by atoms with van der Waals surface area (Å²) in [5.41, 5.74) is 2.21. The van der Waals surface area contributed by atoms with Gasteiger partial charge in [0.05, 0.1) is 20.3 Å². The van der Waals surface area contributed by atoms with Crippen LogP contribution in [0.3, 0.4) is 0 Å². The molecule has 5 nitrogen and oxygen atoms in total. The molecule has 0 bridgehead atoms. The first-order valence-electron chi connectivity index (χ1n) is 7.91. The highest BCUT2D eigenvalue weighted by Crippen LogP contribution is 2.40. The molecule has 0 radical (unpaired) electrons. The highest BCUT2D eigenvalue weighted by Gasteiger charge is 2.35. The van der Waals surface area contributed by atoms with Crippen LogP contribution in [0.2, 0.25) is 0 Å². The quantitative estimate of drug-likeness (QED) is 0.876. The zero-order valence-electron chi connectivity index (χ0n) is 14.1. The Bertz CT molecular complexity index is 547. The summed E-state index contributed by atoms with van der Waals surface area (Å²) in [6.45, 7) is 6.87. The van der Waals surface area contributed by atoms with Crippen LogP contribution in [0.1, 0.15) is 30.6 Å². The number of aliphatic hydroxyl groups is 1. The molecule has 1 aromatic carbocycles. The van der Waals surface area contributed by atoms with Gasteiger partial charge < -0.3 is 19.9 Å². The fourth-order valence-corrected chi connectivity index (χ4v) is 3.81. The Hall–Kier alpha value is -1.01. The van der Waals surface area contributed by atoms with Crippen LogP contribution in [0.4, 0.5) is 0 Å². The molecule has 0 amide bonds. The third-order valence-corrected chi connectivity index (χ3v) is 4.92. The smallest absolute Gasteiger partial charge is 0.125 e. The van der Waals surface area contributed by atoms with Crippen LogP contribution in [-0.2, 0) is 6.54 Å². The normalized spacial score (nSPS) is 27.2. The molecule has 1 fully saturated rings. The number of benzene rings is 1. The van der Waals surface area contributed by atoms with E-state index in [1.54, 1.807) is 14.2 Å². The number of methoxy groups -OCH3 is 2. The maximum Gasteiger partial charge on any atom is 0.125 e. The van der Waals surface area contributed by atoms with E-state index in [1.807, 2.05) is 12.1 Å². The van der Waals surface area contributed by atoms with Gasteiger partial charge in [-0.25, -0.2) is 0 Å². The number of β-amino-alcohol motifs (C(OH)–C–C–N with tert-alkyl or cyclic N) is 1. The third-order valence-electron chi connectivity index (χ3n) is 4.92. The lowest BCUT2D eigenvalue weighted by molar-refractivity contribution is 0.0651. The van der Waals surface area contributed by atoms with Crippen molar-refractivity contribution in [1.82, 2.24) is 10.2 Å². The van der Waals surface area contributed by atoms with Crippen molar-refractivity contribution >= 4 is 12.4 Å². The Balaban J connectivity index is 0.00000192. The first kappa shape index (κ1) is 18.3. The number of rotatable bonds is 4. The molecular weight excluding hydrogens is 316 g/mol. The van der Waals surface area contributed by atoms with Crippen molar-refractivity contribution in [1.29, 1.82) is 0 Å². The van der Waals surface area contributed by atoms with Gasteiger partial charge in [-0.05, 0) is 30.5 Å². The number of nitrogens with zero attached hydrogens (tertiary/aromatic N) is 1. The average Bonchev–Trinajstić information content (AvgIpc) is 2.92. The van der Waals surface area contributed by atoms with Crippen molar-refractivity contribution in [3.05, 3.63) is 23.3 Å². The summed E-state index contributed by atoms with van der Waals surface area (Å²) in [6.07, 6.45) is 0.647. The number of hydrogen-bond donors (Lipinski definition) is 2.